The summed E-state index contributed by atoms with van der Waals surface area (Å²) in [4.78, 5) is 28.9. The summed E-state index contributed by atoms with van der Waals surface area (Å²) in [6.07, 6.45) is 2.53. The molecule has 0 aromatic heterocycles. The predicted octanol–water partition coefficient (Wildman–Crippen LogP) is 4.19. The van der Waals surface area contributed by atoms with Crippen LogP contribution in [0.2, 0.25) is 0 Å². The van der Waals surface area contributed by atoms with Gasteiger partial charge in [0, 0.05) is 42.5 Å². The quantitative estimate of drug-likeness (QED) is 0.601. The van der Waals surface area contributed by atoms with Crippen molar-refractivity contribution in [2.45, 2.75) is 33.1 Å². The third kappa shape index (κ3) is 6.01. The zero-order chi connectivity index (χ0) is 22.9. The van der Waals surface area contributed by atoms with E-state index in [9.17, 15) is 9.59 Å². The van der Waals surface area contributed by atoms with Crippen molar-refractivity contribution in [2.75, 3.05) is 50.1 Å². The molecule has 3 rings (SSSR count). The minimum Gasteiger partial charge on any atom is -0.493 e. The first-order chi connectivity index (χ1) is 15.5. The Balaban J connectivity index is 1.64. The zero-order valence-corrected chi connectivity index (χ0v) is 19.2. The fraction of sp³-hybridized carbons (Fsp3) is 0.440. The van der Waals surface area contributed by atoms with Gasteiger partial charge in [0.1, 0.15) is 6.61 Å². The van der Waals surface area contributed by atoms with E-state index in [0.29, 0.717) is 35.8 Å². The number of anilines is 2. The van der Waals surface area contributed by atoms with Crippen LogP contribution >= 0.6 is 0 Å². The van der Waals surface area contributed by atoms with Crippen LogP contribution < -0.4 is 19.7 Å². The van der Waals surface area contributed by atoms with Crippen LogP contribution in [0.25, 0.3) is 0 Å². The second kappa shape index (κ2) is 11.5. The number of rotatable bonds is 10. The average molecular weight is 440 g/mol. The van der Waals surface area contributed by atoms with Crippen LogP contribution in [0.5, 0.6) is 11.5 Å². The van der Waals surface area contributed by atoms with Crippen molar-refractivity contribution in [3.05, 3.63) is 48.0 Å². The molecule has 7 heteroatoms. The topological polar surface area (TPSA) is 71.1 Å². The minimum absolute atomic E-state index is 0.139. The second-order valence-electron chi connectivity index (χ2n) is 7.74. The Kier molecular flexibility index (Phi) is 8.50. The molecular weight excluding hydrogens is 406 g/mol. The van der Waals surface area contributed by atoms with E-state index in [1.54, 1.807) is 42.3 Å². The summed E-state index contributed by atoms with van der Waals surface area (Å²) in [5.41, 5.74) is 1.99. The van der Waals surface area contributed by atoms with Gasteiger partial charge in [0.2, 0.25) is 5.91 Å². The maximum Gasteiger partial charge on any atom is 0.255 e. The molecule has 7 nitrogen and oxygen atoms in total. The number of nitrogens with one attached hydrogen (secondary N) is 1. The largest absolute Gasteiger partial charge is 0.493 e. The number of benzene rings is 2. The molecular formula is C25H33N3O4. The monoisotopic (exact) mass is 439 g/mol. The van der Waals surface area contributed by atoms with E-state index in [1.165, 1.54) is 0 Å². The Morgan fingerprint density at radius 1 is 1.06 bits per heavy atom. The normalized spacial score (nSPS) is 13.9. The van der Waals surface area contributed by atoms with Crippen LogP contribution in [0.4, 0.5) is 11.4 Å². The lowest BCUT2D eigenvalue weighted by Crippen LogP contribution is -2.35. The number of hydrogen-bond donors (Lipinski definition) is 1. The van der Waals surface area contributed by atoms with Crippen LogP contribution in [0, 0.1) is 0 Å². The highest BCUT2D eigenvalue weighted by Gasteiger charge is 2.20. The van der Waals surface area contributed by atoms with Gasteiger partial charge in [-0.25, -0.2) is 0 Å². The predicted molar refractivity (Wildman–Crippen MR) is 127 cm³/mol. The highest BCUT2D eigenvalue weighted by molar-refractivity contribution is 6.05. The van der Waals surface area contributed by atoms with Crippen molar-refractivity contribution in [1.82, 2.24) is 4.90 Å². The van der Waals surface area contributed by atoms with Gasteiger partial charge < -0.3 is 24.6 Å². The number of nitrogens with zero attached hydrogens (tertiary/aromatic N) is 2. The molecule has 0 spiro atoms. The van der Waals surface area contributed by atoms with Crippen LogP contribution in [0.15, 0.2) is 42.5 Å². The maximum absolute atomic E-state index is 12.7. The lowest BCUT2D eigenvalue weighted by atomic mass is 10.1. The number of piperidine rings is 1. The van der Waals surface area contributed by atoms with Gasteiger partial charge in [-0.05, 0) is 62.3 Å². The molecule has 1 N–H and O–H groups in total. The van der Waals surface area contributed by atoms with Gasteiger partial charge >= 0.3 is 0 Å². The summed E-state index contributed by atoms with van der Waals surface area (Å²) in [5, 5.41) is 2.91. The molecule has 172 valence electrons. The maximum atomic E-state index is 12.7. The van der Waals surface area contributed by atoms with Crippen molar-refractivity contribution in [1.29, 1.82) is 0 Å². The summed E-state index contributed by atoms with van der Waals surface area (Å²) in [6.45, 7) is 8.27. The van der Waals surface area contributed by atoms with Crippen LogP contribution in [-0.4, -0.2) is 56.6 Å². The molecule has 2 aromatic rings. The highest BCUT2D eigenvalue weighted by atomic mass is 16.5. The van der Waals surface area contributed by atoms with E-state index in [-0.39, 0.29) is 11.8 Å². The molecule has 1 heterocycles. The molecule has 0 saturated carbocycles. The molecule has 1 saturated heterocycles. The highest BCUT2D eigenvalue weighted by Crippen LogP contribution is 2.30. The summed E-state index contributed by atoms with van der Waals surface area (Å²) < 4.78 is 11.3. The summed E-state index contributed by atoms with van der Waals surface area (Å²) in [5.74, 6) is 1.13. The third-order valence-electron chi connectivity index (χ3n) is 5.75. The number of amides is 2. The van der Waals surface area contributed by atoms with Crippen LogP contribution in [0.1, 0.15) is 43.5 Å². The van der Waals surface area contributed by atoms with Crippen molar-refractivity contribution in [3.63, 3.8) is 0 Å². The van der Waals surface area contributed by atoms with Gasteiger partial charge in [-0.3, -0.25) is 9.59 Å². The molecule has 0 unspecified atom stereocenters. The Morgan fingerprint density at radius 3 is 2.47 bits per heavy atom. The molecule has 1 aliphatic heterocycles. The Hall–Kier alpha value is -3.06. The average Bonchev–Trinajstić information content (AvgIpc) is 2.82. The standard InChI is InChI=1S/C25H33N3O4/c1-4-27(5-2)16-17-32-23-18-20(11-14-22(23)31-3)26-25(30)19-9-12-21(13-10-19)28-15-7-6-8-24(28)29/h9-14,18H,4-8,15-17H2,1-3H3,(H,26,30). The van der Waals surface area contributed by atoms with Crippen LogP contribution in [0.3, 0.4) is 0 Å². The first kappa shape index (κ1) is 23.6. The SMILES string of the molecule is CCN(CC)CCOc1cc(NC(=O)c2ccc(N3CCCCC3=O)cc2)ccc1OC. The summed E-state index contributed by atoms with van der Waals surface area (Å²) in [6, 6.07) is 12.5. The molecule has 0 atom stereocenters. The van der Waals surface area contributed by atoms with Gasteiger partial charge in [-0.1, -0.05) is 13.8 Å². The fourth-order valence-electron chi connectivity index (χ4n) is 3.77. The van der Waals surface area contributed by atoms with E-state index >= 15 is 0 Å². The van der Waals surface area contributed by atoms with Crippen molar-refractivity contribution < 1.29 is 19.1 Å². The van der Waals surface area contributed by atoms with Crippen LogP contribution in [-0.2, 0) is 4.79 Å². The summed E-state index contributed by atoms with van der Waals surface area (Å²) in [7, 11) is 1.60. The zero-order valence-electron chi connectivity index (χ0n) is 19.2. The molecule has 1 aliphatic rings. The molecule has 1 fully saturated rings. The van der Waals surface area contributed by atoms with Gasteiger partial charge in [0.25, 0.3) is 5.91 Å². The number of hydrogen-bond acceptors (Lipinski definition) is 5. The number of methoxy groups -OCH3 is 1. The number of carbonyl (C=O) groups excluding carboxylic acids is 2. The molecule has 32 heavy (non-hydrogen) atoms. The second-order valence-corrected chi connectivity index (χ2v) is 7.74. The van der Waals surface area contributed by atoms with Crippen molar-refractivity contribution in [2.24, 2.45) is 0 Å². The Bertz CT molecular complexity index is 910. The van der Waals surface area contributed by atoms with E-state index < -0.39 is 0 Å². The molecule has 2 amide bonds. The minimum atomic E-state index is -0.222. The van der Waals surface area contributed by atoms with E-state index in [1.807, 2.05) is 12.1 Å². The number of ether oxygens (including phenoxy) is 2. The third-order valence-corrected chi connectivity index (χ3v) is 5.75. The molecule has 0 aliphatic carbocycles. The number of carbonyl (C=O) groups is 2. The first-order valence-electron chi connectivity index (χ1n) is 11.3. The molecule has 2 aromatic carbocycles. The smallest absolute Gasteiger partial charge is 0.255 e. The van der Waals surface area contributed by atoms with Crippen molar-refractivity contribution in [3.8, 4) is 11.5 Å². The van der Waals surface area contributed by atoms with Gasteiger partial charge in [0.15, 0.2) is 11.5 Å². The van der Waals surface area contributed by atoms with E-state index in [2.05, 4.69) is 24.1 Å². The Labute approximate surface area is 190 Å². The molecule has 0 bridgehead atoms. The lowest BCUT2D eigenvalue weighted by Gasteiger charge is -2.26. The lowest BCUT2D eigenvalue weighted by molar-refractivity contribution is -0.119. The van der Waals surface area contributed by atoms with Crippen molar-refractivity contribution >= 4 is 23.2 Å². The van der Waals surface area contributed by atoms with Gasteiger partial charge in [-0.15, -0.1) is 0 Å². The van der Waals surface area contributed by atoms with E-state index in [4.69, 9.17) is 9.47 Å². The number of likely N-dealkylation sites (N-methyl/N-ethyl adjacent to an activating group) is 1. The first-order valence-corrected chi connectivity index (χ1v) is 11.3. The Morgan fingerprint density at radius 2 is 1.81 bits per heavy atom. The summed E-state index contributed by atoms with van der Waals surface area (Å²) >= 11 is 0. The fourth-order valence-corrected chi connectivity index (χ4v) is 3.77. The molecule has 0 radical (unpaired) electrons. The van der Waals surface area contributed by atoms with Gasteiger partial charge in [-0.2, -0.15) is 0 Å². The van der Waals surface area contributed by atoms with Gasteiger partial charge in [0.05, 0.1) is 7.11 Å². The van der Waals surface area contributed by atoms with E-state index in [0.717, 1.165) is 44.7 Å².